The highest BCUT2D eigenvalue weighted by Gasteiger charge is 2.05. The van der Waals surface area contributed by atoms with Crippen LogP contribution in [0.1, 0.15) is 22.9 Å². The molecule has 0 aliphatic carbocycles. The van der Waals surface area contributed by atoms with Crippen LogP contribution in [0, 0.1) is 5.82 Å². The van der Waals surface area contributed by atoms with Crippen LogP contribution in [-0.4, -0.2) is 10.2 Å². The van der Waals surface area contributed by atoms with Gasteiger partial charge in [-0.15, -0.1) is 10.2 Å². The van der Waals surface area contributed by atoms with Gasteiger partial charge < -0.3 is 4.42 Å². The van der Waals surface area contributed by atoms with E-state index in [1.54, 1.807) is 18.2 Å². The summed E-state index contributed by atoms with van der Waals surface area (Å²) in [6.45, 7) is 0. The Morgan fingerprint density at radius 3 is 2.61 bits per heavy atom. The van der Waals surface area contributed by atoms with Crippen LogP contribution in [-0.2, 0) is 6.42 Å². The third-order valence-electron chi connectivity index (χ3n) is 3.12. The third kappa shape index (κ3) is 4.27. The zero-order valence-corrected chi connectivity index (χ0v) is 14.2. The van der Waals surface area contributed by atoms with Gasteiger partial charge >= 0.3 is 0 Å². The van der Waals surface area contributed by atoms with Crippen LogP contribution in [0.25, 0.3) is 12.2 Å². The van der Waals surface area contributed by atoms with E-state index in [1.807, 2.05) is 24.3 Å². The molecule has 0 N–H and O–H groups in total. The Morgan fingerprint density at radius 1 is 1.09 bits per heavy atom. The van der Waals surface area contributed by atoms with E-state index >= 15 is 0 Å². The Labute approximate surface area is 145 Å². The predicted molar refractivity (Wildman–Crippen MR) is 91.6 cm³/mol. The Hall–Kier alpha value is -1.98. The summed E-state index contributed by atoms with van der Waals surface area (Å²) in [7, 11) is 0. The number of hydrogen-bond acceptors (Lipinski definition) is 3. The molecule has 3 aromatic rings. The fourth-order valence-electron chi connectivity index (χ4n) is 1.98. The highest BCUT2D eigenvalue weighted by molar-refractivity contribution is 9.10. The largest absolute Gasteiger partial charge is 0.421 e. The number of hydrogen-bond donors (Lipinski definition) is 0. The second kappa shape index (κ2) is 7.06. The SMILES string of the molecule is Fc1ccc(/C=C/c2nnc(Cc3ccc(Br)cc3)o2)c(Cl)c1. The molecule has 0 spiro atoms. The lowest BCUT2D eigenvalue weighted by Gasteiger charge is -1.97. The first-order valence-electron chi connectivity index (χ1n) is 6.80. The fraction of sp³-hybridized carbons (Fsp3) is 0.0588. The summed E-state index contributed by atoms with van der Waals surface area (Å²) in [4.78, 5) is 0. The average molecular weight is 394 g/mol. The summed E-state index contributed by atoms with van der Waals surface area (Å²) in [6, 6.07) is 12.1. The van der Waals surface area contributed by atoms with Gasteiger partial charge in [0.25, 0.3) is 0 Å². The third-order valence-corrected chi connectivity index (χ3v) is 3.98. The molecule has 0 saturated carbocycles. The summed E-state index contributed by atoms with van der Waals surface area (Å²) < 4.78 is 19.6. The zero-order valence-electron chi connectivity index (χ0n) is 11.8. The van der Waals surface area contributed by atoms with Crippen molar-refractivity contribution in [3.63, 3.8) is 0 Å². The van der Waals surface area contributed by atoms with Crippen LogP contribution in [0.15, 0.2) is 51.4 Å². The number of nitrogens with zero attached hydrogens (tertiary/aromatic N) is 2. The molecule has 1 heterocycles. The minimum atomic E-state index is -0.373. The van der Waals surface area contributed by atoms with Gasteiger partial charge in [0.05, 0.1) is 11.4 Å². The van der Waals surface area contributed by atoms with Crippen molar-refractivity contribution in [2.24, 2.45) is 0 Å². The van der Waals surface area contributed by atoms with Crippen molar-refractivity contribution in [1.29, 1.82) is 0 Å². The summed E-state index contributed by atoms with van der Waals surface area (Å²) in [6.07, 6.45) is 3.92. The van der Waals surface area contributed by atoms with Crippen molar-refractivity contribution < 1.29 is 8.81 Å². The minimum absolute atomic E-state index is 0.329. The number of rotatable bonds is 4. The summed E-state index contributed by atoms with van der Waals surface area (Å²) in [5.41, 5.74) is 1.76. The first-order valence-corrected chi connectivity index (χ1v) is 7.97. The first-order chi connectivity index (χ1) is 11.1. The molecule has 3 rings (SSSR count). The van der Waals surface area contributed by atoms with Crippen molar-refractivity contribution in [2.45, 2.75) is 6.42 Å². The molecule has 0 radical (unpaired) electrons. The second-order valence-corrected chi connectivity index (χ2v) is 6.16. The molecule has 2 aromatic carbocycles. The molecule has 3 nitrogen and oxygen atoms in total. The Kier molecular flexibility index (Phi) is 4.88. The molecule has 0 fully saturated rings. The van der Waals surface area contributed by atoms with Crippen LogP contribution in [0.5, 0.6) is 0 Å². The lowest BCUT2D eigenvalue weighted by atomic mass is 10.1. The van der Waals surface area contributed by atoms with E-state index in [0.29, 0.717) is 28.8 Å². The van der Waals surface area contributed by atoms with E-state index in [4.69, 9.17) is 16.0 Å². The van der Waals surface area contributed by atoms with Crippen molar-refractivity contribution in [3.05, 3.63) is 80.7 Å². The lowest BCUT2D eigenvalue weighted by molar-refractivity contribution is 0.496. The molecule has 0 atom stereocenters. The van der Waals surface area contributed by atoms with Gasteiger partial charge in [-0.25, -0.2) is 4.39 Å². The molecule has 0 amide bonds. The van der Waals surface area contributed by atoms with E-state index in [0.717, 1.165) is 10.0 Å². The average Bonchev–Trinajstić information content (AvgIpc) is 2.96. The standard InChI is InChI=1S/C17H11BrClFN2O/c18-13-5-1-11(2-6-13)9-17-22-21-16(23-17)8-4-12-3-7-14(20)10-15(12)19/h1-8,10H,9H2/b8-4+. The number of aromatic nitrogens is 2. The zero-order chi connectivity index (χ0) is 16.2. The maximum atomic E-state index is 13.0. The molecule has 0 unspecified atom stereocenters. The minimum Gasteiger partial charge on any atom is -0.421 e. The highest BCUT2D eigenvalue weighted by atomic mass is 79.9. The van der Waals surface area contributed by atoms with Crippen molar-refractivity contribution in [2.75, 3.05) is 0 Å². The van der Waals surface area contributed by atoms with Gasteiger partial charge in [0.2, 0.25) is 11.8 Å². The smallest absolute Gasteiger partial charge is 0.240 e. The predicted octanol–water partition coefficient (Wildman–Crippen LogP) is 5.39. The Balaban J connectivity index is 1.71. The number of benzene rings is 2. The molecule has 6 heteroatoms. The molecular weight excluding hydrogens is 383 g/mol. The highest BCUT2D eigenvalue weighted by Crippen LogP contribution is 2.20. The summed E-state index contributed by atoms with van der Waals surface area (Å²) >= 11 is 9.35. The van der Waals surface area contributed by atoms with Gasteiger partial charge in [-0.3, -0.25) is 0 Å². The molecule has 116 valence electrons. The number of halogens is 3. The lowest BCUT2D eigenvalue weighted by Crippen LogP contribution is -1.87. The van der Waals surface area contributed by atoms with Gasteiger partial charge in [-0.1, -0.05) is 45.7 Å². The monoisotopic (exact) mass is 392 g/mol. The van der Waals surface area contributed by atoms with E-state index in [-0.39, 0.29) is 5.82 Å². The topological polar surface area (TPSA) is 38.9 Å². The van der Waals surface area contributed by atoms with Crippen molar-refractivity contribution in [1.82, 2.24) is 10.2 Å². The quantitative estimate of drug-likeness (QED) is 0.597. The van der Waals surface area contributed by atoms with Gasteiger partial charge in [0, 0.05) is 10.5 Å². The molecule has 0 saturated heterocycles. The molecule has 0 aliphatic rings. The Morgan fingerprint density at radius 2 is 1.87 bits per heavy atom. The van der Waals surface area contributed by atoms with Crippen LogP contribution < -0.4 is 0 Å². The van der Waals surface area contributed by atoms with Crippen molar-refractivity contribution >= 4 is 39.7 Å². The van der Waals surface area contributed by atoms with E-state index in [9.17, 15) is 4.39 Å². The van der Waals surface area contributed by atoms with E-state index in [1.165, 1.54) is 12.1 Å². The van der Waals surface area contributed by atoms with Crippen LogP contribution in [0.3, 0.4) is 0 Å². The Bertz CT molecular complexity index is 846. The fourth-order valence-corrected chi connectivity index (χ4v) is 2.47. The maximum Gasteiger partial charge on any atom is 0.240 e. The van der Waals surface area contributed by atoms with Crippen LogP contribution in [0.2, 0.25) is 5.02 Å². The van der Waals surface area contributed by atoms with Gasteiger partial charge in [-0.05, 0) is 41.5 Å². The molecule has 0 aliphatic heterocycles. The van der Waals surface area contributed by atoms with Crippen LogP contribution in [0.4, 0.5) is 4.39 Å². The molecule has 1 aromatic heterocycles. The van der Waals surface area contributed by atoms with E-state index in [2.05, 4.69) is 26.1 Å². The maximum absolute atomic E-state index is 13.0. The van der Waals surface area contributed by atoms with Crippen LogP contribution >= 0.6 is 27.5 Å². The first kappa shape index (κ1) is 15.9. The van der Waals surface area contributed by atoms with Gasteiger partial charge in [0.1, 0.15) is 5.82 Å². The summed E-state index contributed by atoms with van der Waals surface area (Å²) in [5, 5.41) is 8.30. The van der Waals surface area contributed by atoms with E-state index < -0.39 is 0 Å². The van der Waals surface area contributed by atoms with Gasteiger partial charge in [-0.2, -0.15) is 0 Å². The molecule has 0 bridgehead atoms. The normalized spacial score (nSPS) is 11.3. The summed E-state index contributed by atoms with van der Waals surface area (Å²) in [5.74, 6) is 0.524. The molecule has 23 heavy (non-hydrogen) atoms. The van der Waals surface area contributed by atoms with Gasteiger partial charge in [0.15, 0.2) is 0 Å². The van der Waals surface area contributed by atoms with Crippen molar-refractivity contribution in [3.8, 4) is 0 Å². The molecular formula is C17H11BrClFN2O. The second-order valence-electron chi connectivity index (χ2n) is 4.84.